The zero-order chi connectivity index (χ0) is 23.5. The molecule has 0 aliphatic rings. The van der Waals surface area contributed by atoms with Gasteiger partial charge >= 0.3 is 6.18 Å². The van der Waals surface area contributed by atoms with Crippen LogP contribution in [0.1, 0.15) is 15.9 Å². The second kappa shape index (κ2) is 8.91. The van der Waals surface area contributed by atoms with E-state index in [1.165, 1.54) is 37.4 Å². The van der Waals surface area contributed by atoms with E-state index in [1.54, 1.807) is 24.3 Å². The van der Waals surface area contributed by atoms with Crippen LogP contribution >= 0.6 is 0 Å². The number of para-hydroxylation sites is 1. The number of hydrogen-bond acceptors (Lipinski definition) is 4. The standard InChI is InChI=1S/C22H19F3N2O4S/c1-27(32(29,30)20-10-6-4-8-18(20)22(23,24)25)19-9-5-3-7-17(19)21(28)26-15-11-13-16(31-2)14-12-15/h3-14H,1-2H3,(H,26,28). The number of sulfonamides is 1. The molecule has 0 aliphatic heterocycles. The smallest absolute Gasteiger partial charge is 0.417 e. The number of rotatable bonds is 6. The minimum Gasteiger partial charge on any atom is -0.497 e. The largest absolute Gasteiger partial charge is 0.497 e. The van der Waals surface area contributed by atoms with Gasteiger partial charge in [0, 0.05) is 12.7 Å². The molecule has 10 heteroatoms. The van der Waals surface area contributed by atoms with Crippen molar-refractivity contribution in [1.29, 1.82) is 0 Å². The number of carbonyl (C=O) groups is 1. The van der Waals surface area contributed by atoms with Crippen LogP contribution in [0.5, 0.6) is 5.75 Å². The van der Waals surface area contributed by atoms with Gasteiger partial charge in [0.1, 0.15) is 5.75 Å². The average molecular weight is 464 g/mol. The molecule has 6 nitrogen and oxygen atoms in total. The molecule has 0 bridgehead atoms. The normalized spacial score (nSPS) is 11.7. The summed E-state index contributed by atoms with van der Waals surface area (Å²) in [4.78, 5) is 11.9. The van der Waals surface area contributed by atoms with E-state index in [2.05, 4.69) is 5.32 Å². The van der Waals surface area contributed by atoms with Crippen LogP contribution in [-0.4, -0.2) is 28.5 Å². The molecule has 0 atom stereocenters. The highest BCUT2D eigenvalue weighted by Gasteiger charge is 2.38. The van der Waals surface area contributed by atoms with Gasteiger partial charge in [0.25, 0.3) is 15.9 Å². The third-order valence-corrected chi connectivity index (χ3v) is 6.50. The fraction of sp³-hybridized carbons (Fsp3) is 0.136. The summed E-state index contributed by atoms with van der Waals surface area (Å²) in [5.41, 5.74) is -0.958. The van der Waals surface area contributed by atoms with Crippen molar-refractivity contribution in [3.8, 4) is 5.75 Å². The van der Waals surface area contributed by atoms with Crippen molar-refractivity contribution < 1.29 is 31.1 Å². The predicted molar refractivity (Wildman–Crippen MR) is 114 cm³/mol. The highest BCUT2D eigenvalue weighted by atomic mass is 32.2. The molecule has 0 radical (unpaired) electrons. The topological polar surface area (TPSA) is 75.7 Å². The summed E-state index contributed by atoms with van der Waals surface area (Å²) < 4.78 is 72.1. The molecule has 32 heavy (non-hydrogen) atoms. The SMILES string of the molecule is COc1ccc(NC(=O)c2ccccc2N(C)S(=O)(=O)c2ccccc2C(F)(F)F)cc1. The van der Waals surface area contributed by atoms with E-state index in [0.717, 1.165) is 19.2 Å². The van der Waals surface area contributed by atoms with Crippen LogP contribution in [0.15, 0.2) is 77.7 Å². The van der Waals surface area contributed by atoms with Gasteiger partial charge in [-0.25, -0.2) is 8.42 Å². The van der Waals surface area contributed by atoms with Gasteiger partial charge in [-0.2, -0.15) is 13.2 Å². The number of benzene rings is 3. The number of halogens is 3. The van der Waals surface area contributed by atoms with Crippen LogP contribution in [-0.2, 0) is 16.2 Å². The van der Waals surface area contributed by atoms with Crippen molar-refractivity contribution in [2.75, 3.05) is 23.8 Å². The number of nitrogens with one attached hydrogen (secondary N) is 1. The van der Waals surface area contributed by atoms with Gasteiger partial charge in [0.15, 0.2) is 0 Å². The van der Waals surface area contributed by atoms with E-state index in [-0.39, 0.29) is 11.3 Å². The quantitative estimate of drug-likeness (QED) is 0.569. The summed E-state index contributed by atoms with van der Waals surface area (Å²) in [6.07, 6.45) is -4.87. The van der Waals surface area contributed by atoms with Gasteiger partial charge in [-0.3, -0.25) is 9.10 Å². The molecule has 0 fully saturated rings. The Hall–Kier alpha value is -3.53. The van der Waals surface area contributed by atoms with Gasteiger partial charge in [-0.1, -0.05) is 24.3 Å². The highest BCUT2D eigenvalue weighted by molar-refractivity contribution is 7.92. The van der Waals surface area contributed by atoms with Gasteiger partial charge in [-0.05, 0) is 48.5 Å². The summed E-state index contributed by atoms with van der Waals surface area (Å²) in [7, 11) is -2.03. The first-order valence-corrected chi connectivity index (χ1v) is 10.7. The lowest BCUT2D eigenvalue weighted by molar-refractivity contribution is -0.139. The average Bonchev–Trinajstić information content (AvgIpc) is 2.78. The van der Waals surface area contributed by atoms with Crippen molar-refractivity contribution in [2.24, 2.45) is 0 Å². The van der Waals surface area contributed by atoms with Crippen LogP contribution in [0.3, 0.4) is 0 Å². The van der Waals surface area contributed by atoms with Crippen molar-refractivity contribution in [3.63, 3.8) is 0 Å². The number of amides is 1. The molecule has 168 valence electrons. The Kier molecular flexibility index (Phi) is 6.45. The predicted octanol–water partition coefficient (Wildman–Crippen LogP) is 4.79. The summed E-state index contributed by atoms with van der Waals surface area (Å²) in [6.45, 7) is 0. The lowest BCUT2D eigenvalue weighted by Gasteiger charge is -2.24. The van der Waals surface area contributed by atoms with E-state index in [0.29, 0.717) is 21.8 Å². The fourth-order valence-electron chi connectivity index (χ4n) is 3.02. The van der Waals surface area contributed by atoms with Gasteiger partial charge in [0.2, 0.25) is 0 Å². The Morgan fingerprint density at radius 1 is 0.938 bits per heavy atom. The number of nitrogens with zero attached hydrogens (tertiary/aromatic N) is 1. The monoisotopic (exact) mass is 464 g/mol. The van der Waals surface area contributed by atoms with Crippen LogP contribution in [0.4, 0.5) is 24.5 Å². The summed E-state index contributed by atoms with van der Waals surface area (Å²) in [5, 5.41) is 2.64. The van der Waals surface area contributed by atoms with E-state index in [4.69, 9.17) is 4.74 Å². The number of carbonyl (C=O) groups excluding carboxylic acids is 1. The zero-order valence-electron chi connectivity index (χ0n) is 17.1. The van der Waals surface area contributed by atoms with E-state index >= 15 is 0 Å². The molecule has 3 rings (SSSR count). The number of alkyl halides is 3. The molecule has 0 aromatic heterocycles. The van der Waals surface area contributed by atoms with Crippen LogP contribution in [0.2, 0.25) is 0 Å². The van der Waals surface area contributed by atoms with Gasteiger partial charge in [0.05, 0.1) is 28.8 Å². The van der Waals surface area contributed by atoms with Crippen molar-refractivity contribution in [1.82, 2.24) is 0 Å². The first-order valence-electron chi connectivity index (χ1n) is 9.25. The molecule has 3 aromatic rings. The first kappa shape index (κ1) is 23.1. The Bertz CT molecular complexity index is 1230. The fourth-order valence-corrected chi connectivity index (χ4v) is 4.44. The Morgan fingerprint density at radius 2 is 1.53 bits per heavy atom. The molecular formula is C22H19F3N2O4S. The minimum absolute atomic E-state index is 0.0288. The number of methoxy groups -OCH3 is 1. The lowest BCUT2D eigenvalue weighted by atomic mass is 10.1. The molecule has 0 unspecified atom stereocenters. The minimum atomic E-state index is -4.87. The van der Waals surface area contributed by atoms with Crippen molar-refractivity contribution >= 4 is 27.3 Å². The molecule has 0 heterocycles. The molecule has 1 amide bonds. The van der Waals surface area contributed by atoms with E-state index < -0.39 is 32.6 Å². The second-order valence-corrected chi connectivity index (χ2v) is 8.60. The van der Waals surface area contributed by atoms with Crippen LogP contribution in [0, 0.1) is 0 Å². The van der Waals surface area contributed by atoms with E-state index in [9.17, 15) is 26.4 Å². The van der Waals surface area contributed by atoms with Gasteiger partial charge < -0.3 is 10.1 Å². The van der Waals surface area contributed by atoms with Crippen LogP contribution in [0.25, 0.3) is 0 Å². The molecular weight excluding hydrogens is 445 g/mol. The Balaban J connectivity index is 1.98. The van der Waals surface area contributed by atoms with Crippen molar-refractivity contribution in [2.45, 2.75) is 11.1 Å². The van der Waals surface area contributed by atoms with Crippen LogP contribution < -0.4 is 14.4 Å². The molecule has 0 saturated carbocycles. The van der Waals surface area contributed by atoms with Gasteiger partial charge in [-0.15, -0.1) is 0 Å². The number of ether oxygens (including phenoxy) is 1. The Morgan fingerprint density at radius 3 is 2.16 bits per heavy atom. The second-order valence-electron chi connectivity index (χ2n) is 6.67. The number of anilines is 2. The third-order valence-electron chi connectivity index (χ3n) is 4.67. The summed E-state index contributed by atoms with van der Waals surface area (Å²) in [5.74, 6) is -0.0468. The maximum atomic E-state index is 13.4. The third kappa shape index (κ3) is 4.70. The zero-order valence-corrected chi connectivity index (χ0v) is 17.9. The molecule has 0 aliphatic carbocycles. The van der Waals surface area contributed by atoms with E-state index in [1.807, 2.05) is 0 Å². The highest BCUT2D eigenvalue weighted by Crippen LogP contribution is 2.36. The van der Waals surface area contributed by atoms with Crippen molar-refractivity contribution in [3.05, 3.63) is 83.9 Å². The first-order chi connectivity index (χ1) is 15.1. The molecule has 3 aromatic carbocycles. The summed E-state index contributed by atoms with van der Waals surface area (Å²) in [6, 6.07) is 16.1. The molecule has 1 N–H and O–H groups in total. The Labute approximate surface area is 183 Å². The molecule has 0 spiro atoms. The maximum absolute atomic E-state index is 13.4. The maximum Gasteiger partial charge on any atom is 0.417 e. The summed E-state index contributed by atoms with van der Waals surface area (Å²) >= 11 is 0. The lowest BCUT2D eigenvalue weighted by Crippen LogP contribution is -2.30. The molecule has 0 saturated heterocycles. The number of hydrogen-bond donors (Lipinski definition) is 1.